The first kappa shape index (κ1) is 33.5. The van der Waals surface area contributed by atoms with Crippen molar-refractivity contribution in [3.63, 3.8) is 0 Å². The first-order valence-electron chi connectivity index (χ1n) is 14.7. The molecule has 0 aromatic heterocycles. The maximum absolute atomic E-state index is 6.07. The van der Waals surface area contributed by atoms with Gasteiger partial charge in [-0.25, -0.2) is 0 Å². The summed E-state index contributed by atoms with van der Waals surface area (Å²) in [5.74, 6) is 1.45. The van der Waals surface area contributed by atoms with Gasteiger partial charge in [0, 0.05) is 0 Å². The highest BCUT2D eigenvalue weighted by molar-refractivity contribution is 7.63. The number of hydrogen-bond donors (Lipinski definition) is 0. The van der Waals surface area contributed by atoms with E-state index < -0.39 is 0 Å². The van der Waals surface area contributed by atoms with Crippen LogP contribution in [-0.2, 0) is 18.9 Å². The fraction of sp³-hybridized carbons (Fsp3) is 0.688. The van der Waals surface area contributed by atoms with E-state index in [1.807, 2.05) is 24.3 Å². The van der Waals surface area contributed by atoms with Crippen LogP contribution in [0.4, 0.5) is 0 Å². The topological polar surface area (TPSA) is 55.4 Å². The maximum atomic E-state index is 6.07. The summed E-state index contributed by atoms with van der Waals surface area (Å²) in [7, 11) is -0.232. The summed E-state index contributed by atoms with van der Waals surface area (Å²) in [5, 5.41) is 2.89. The van der Waals surface area contributed by atoms with E-state index in [1.165, 1.54) is 12.3 Å². The van der Waals surface area contributed by atoms with E-state index in [1.54, 1.807) is 0 Å². The molecule has 2 aromatic carbocycles. The second-order valence-corrected chi connectivity index (χ2v) is 18.7. The fourth-order valence-electron chi connectivity index (χ4n) is 4.65. The highest BCUT2D eigenvalue weighted by Gasteiger charge is 2.28. The molecule has 8 heteroatoms. The molecular formula is C32H52O6P2. The quantitative estimate of drug-likeness (QED) is 0.300. The number of benzene rings is 2. The van der Waals surface area contributed by atoms with Crippen LogP contribution in [0, 0.1) is 0 Å². The normalized spacial score (nSPS) is 22.9. The Morgan fingerprint density at radius 2 is 0.825 bits per heavy atom. The Hall–Kier alpha value is -1.00. The lowest BCUT2D eigenvalue weighted by Crippen LogP contribution is -2.23. The minimum absolute atomic E-state index is 0.116. The van der Waals surface area contributed by atoms with Crippen molar-refractivity contribution in [2.45, 2.75) is 51.9 Å². The standard InChI is InChI=1S/C32H52O6P2/c1-31(2,3)39-21-19-35-13-11-33-15-17-37-29-25-27-9-7-8-10-28(27)26-30(29)38-18-16-34-12-14-36-20-22-40(24-23-39)32(4,5)6/h7-10,25-26H,11-24H2,1-6H3. The minimum atomic E-state index is -0.116. The van der Waals surface area contributed by atoms with E-state index in [2.05, 4.69) is 53.7 Å². The van der Waals surface area contributed by atoms with Gasteiger partial charge in [0.15, 0.2) is 11.5 Å². The molecule has 0 amide bonds. The van der Waals surface area contributed by atoms with Crippen molar-refractivity contribution >= 4 is 26.6 Å². The van der Waals surface area contributed by atoms with E-state index in [4.69, 9.17) is 28.4 Å². The molecule has 0 N–H and O–H groups in total. The lowest BCUT2D eigenvalue weighted by atomic mass is 10.1. The van der Waals surface area contributed by atoms with Crippen LogP contribution in [0.3, 0.4) is 0 Å². The van der Waals surface area contributed by atoms with Crippen LogP contribution < -0.4 is 9.47 Å². The van der Waals surface area contributed by atoms with Gasteiger partial charge in [-0.05, 0) is 57.9 Å². The Labute approximate surface area is 245 Å². The predicted molar refractivity (Wildman–Crippen MR) is 171 cm³/mol. The van der Waals surface area contributed by atoms with Crippen molar-refractivity contribution in [3.05, 3.63) is 36.4 Å². The molecule has 0 radical (unpaired) electrons. The van der Waals surface area contributed by atoms with Crippen molar-refractivity contribution in [2.24, 2.45) is 0 Å². The molecule has 0 fully saturated rings. The summed E-state index contributed by atoms with van der Waals surface area (Å²) in [6.07, 6.45) is 4.90. The molecule has 0 saturated carbocycles. The molecule has 1 aliphatic rings. The van der Waals surface area contributed by atoms with Crippen molar-refractivity contribution in [1.29, 1.82) is 0 Å². The monoisotopic (exact) mass is 594 g/mol. The van der Waals surface area contributed by atoms with Crippen LogP contribution in [0.15, 0.2) is 36.4 Å². The molecule has 2 unspecified atom stereocenters. The van der Waals surface area contributed by atoms with Gasteiger partial charge in [-0.3, -0.25) is 0 Å². The second-order valence-electron chi connectivity index (χ2n) is 12.1. The molecule has 3 rings (SSSR count). The van der Waals surface area contributed by atoms with Gasteiger partial charge >= 0.3 is 0 Å². The fourth-order valence-corrected chi connectivity index (χ4v) is 10.4. The molecule has 2 aromatic rings. The molecule has 0 spiro atoms. The van der Waals surface area contributed by atoms with Crippen LogP contribution >= 0.6 is 15.8 Å². The molecule has 226 valence electrons. The van der Waals surface area contributed by atoms with Gasteiger partial charge in [-0.15, -0.1) is 0 Å². The Bertz CT molecular complexity index is 909. The Balaban J connectivity index is 1.59. The third kappa shape index (κ3) is 12.1. The van der Waals surface area contributed by atoms with E-state index >= 15 is 0 Å². The number of hydrogen-bond acceptors (Lipinski definition) is 6. The number of rotatable bonds is 0. The van der Waals surface area contributed by atoms with E-state index in [-0.39, 0.29) is 15.8 Å². The summed E-state index contributed by atoms with van der Waals surface area (Å²) < 4.78 is 35.7. The van der Waals surface area contributed by atoms with Gasteiger partial charge in [0.25, 0.3) is 0 Å². The van der Waals surface area contributed by atoms with Crippen LogP contribution in [0.1, 0.15) is 41.5 Å². The van der Waals surface area contributed by atoms with Crippen LogP contribution in [0.2, 0.25) is 0 Å². The predicted octanol–water partition coefficient (Wildman–Crippen LogP) is 7.24. The summed E-state index contributed by atoms with van der Waals surface area (Å²) in [4.78, 5) is 0. The third-order valence-electron chi connectivity index (χ3n) is 7.07. The van der Waals surface area contributed by atoms with Gasteiger partial charge in [0.05, 0.1) is 52.9 Å². The number of ether oxygens (including phenoxy) is 6. The highest BCUT2D eigenvalue weighted by atomic mass is 31.1. The average molecular weight is 595 g/mol. The largest absolute Gasteiger partial charge is 0.487 e. The van der Waals surface area contributed by atoms with Crippen LogP contribution in [0.5, 0.6) is 11.5 Å². The first-order chi connectivity index (χ1) is 19.1. The summed E-state index contributed by atoms with van der Waals surface area (Å²) in [5.41, 5.74) is 0. The Morgan fingerprint density at radius 3 is 1.20 bits per heavy atom. The van der Waals surface area contributed by atoms with Crippen molar-refractivity contribution < 1.29 is 28.4 Å². The molecule has 0 aliphatic carbocycles. The van der Waals surface area contributed by atoms with Crippen molar-refractivity contribution in [1.82, 2.24) is 0 Å². The van der Waals surface area contributed by atoms with E-state index in [0.717, 1.165) is 47.8 Å². The van der Waals surface area contributed by atoms with Gasteiger partial charge in [-0.1, -0.05) is 81.7 Å². The molecule has 1 heterocycles. The average Bonchev–Trinajstić information content (AvgIpc) is 2.89. The van der Waals surface area contributed by atoms with Gasteiger partial charge < -0.3 is 28.4 Å². The minimum Gasteiger partial charge on any atom is -0.487 e. The smallest absolute Gasteiger partial charge is 0.161 e. The Kier molecular flexibility index (Phi) is 14.4. The molecule has 0 bridgehead atoms. The zero-order chi connectivity index (χ0) is 28.8. The first-order valence-corrected chi connectivity index (χ1v) is 18.2. The maximum Gasteiger partial charge on any atom is 0.161 e. The van der Waals surface area contributed by atoms with Gasteiger partial charge in [0.2, 0.25) is 0 Å². The zero-order valence-corrected chi connectivity index (χ0v) is 27.5. The van der Waals surface area contributed by atoms with Gasteiger partial charge in [0.1, 0.15) is 13.2 Å². The Morgan fingerprint density at radius 1 is 0.475 bits per heavy atom. The zero-order valence-electron chi connectivity index (χ0n) is 25.7. The summed E-state index contributed by atoms with van der Waals surface area (Å²) >= 11 is 0. The summed E-state index contributed by atoms with van der Waals surface area (Å²) in [6, 6.07) is 12.3. The second kappa shape index (κ2) is 17.2. The molecule has 2 atom stereocenters. The summed E-state index contributed by atoms with van der Waals surface area (Å²) in [6.45, 7) is 20.3. The van der Waals surface area contributed by atoms with Crippen LogP contribution in [-0.4, -0.2) is 101 Å². The number of fused-ring (bicyclic) bond motifs is 2. The van der Waals surface area contributed by atoms with Gasteiger partial charge in [-0.2, -0.15) is 0 Å². The molecule has 6 nitrogen and oxygen atoms in total. The van der Waals surface area contributed by atoms with Crippen molar-refractivity contribution in [2.75, 3.05) is 90.7 Å². The van der Waals surface area contributed by atoms with Crippen LogP contribution in [0.25, 0.3) is 10.8 Å². The lowest BCUT2D eigenvalue weighted by molar-refractivity contribution is 0.0375. The SMILES string of the molecule is CC(C)(C)P1CCOCCOCCOc2cc3ccccc3cc2OCCOCCOCCP(C(C)(C)C)CC1. The molecule has 40 heavy (non-hydrogen) atoms. The molecular weight excluding hydrogens is 542 g/mol. The highest BCUT2D eigenvalue weighted by Crippen LogP contribution is 2.55. The molecule has 0 saturated heterocycles. The molecule has 1 aliphatic heterocycles. The van der Waals surface area contributed by atoms with Crippen molar-refractivity contribution in [3.8, 4) is 11.5 Å². The lowest BCUT2D eigenvalue weighted by Gasteiger charge is -2.36. The van der Waals surface area contributed by atoms with E-state index in [0.29, 0.717) is 63.2 Å². The van der Waals surface area contributed by atoms with E-state index in [9.17, 15) is 0 Å². The third-order valence-corrected chi connectivity index (χ3v) is 14.2.